The van der Waals surface area contributed by atoms with Crippen molar-refractivity contribution in [2.24, 2.45) is 0 Å². The number of ether oxygens (including phenoxy) is 1. The van der Waals surface area contributed by atoms with Gasteiger partial charge >= 0.3 is 6.09 Å². The summed E-state index contributed by atoms with van der Waals surface area (Å²) in [4.78, 5) is 27.1. The number of sulfone groups is 1. The first-order valence-electron chi connectivity index (χ1n) is 6.75. The first-order chi connectivity index (χ1) is 10.3. The summed E-state index contributed by atoms with van der Waals surface area (Å²) >= 11 is 0. The van der Waals surface area contributed by atoms with Gasteiger partial charge in [0, 0.05) is 38.0 Å². The number of nitrogens with zero attached hydrogens (tertiary/aromatic N) is 2. The second-order valence-corrected chi connectivity index (χ2v) is 7.06. The molecule has 2 amide bonds. The van der Waals surface area contributed by atoms with Crippen molar-refractivity contribution < 1.29 is 22.7 Å². The van der Waals surface area contributed by atoms with E-state index in [9.17, 15) is 18.0 Å². The summed E-state index contributed by atoms with van der Waals surface area (Å²) in [6.45, 7) is 1.67. The predicted molar refractivity (Wildman–Crippen MR) is 79.4 cm³/mol. The van der Waals surface area contributed by atoms with Crippen LogP contribution >= 0.6 is 0 Å². The fraction of sp³-hybridized carbons (Fsp3) is 0.429. The van der Waals surface area contributed by atoms with E-state index in [2.05, 4.69) is 4.74 Å². The number of methoxy groups -OCH3 is 1. The number of benzene rings is 1. The SMILES string of the molecule is COC(=O)N1CCN(C(=O)c2ccc(S(C)(=O)=O)cc2)CC1. The van der Waals surface area contributed by atoms with Crippen LogP contribution in [0.2, 0.25) is 0 Å². The molecule has 1 aromatic carbocycles. The molecule has 1 aliphatic heterocycles. The van der Waals surface area contributed by atoms with Crippen LogP contribution in [-0.4, -0.2) is 69.8 Å². The zero-order valence-electron chi connectivity index (χ0n) is 12.5. The van der Waals surface area contributed by atoms with Crippen LogP contribution in [0, 0.1) is 0 Å². The van der Waals surface area contributed by atoms with Gasteiger partial charge in [-0.15, -0.1) is 0 Å². The molecule has 0 saturated carbocycles. The average Bonchev–Trinajstić information content (AvgIpc) is 2.53. The van der Waals surface area contributed by atoms with Crippen LogP contribution in [0.15, 0.2) is 29.2 Å². The van der Waals surface area contributed by atoms with Crippen molar-refractivity contribution in [2.75, 3.05) is 39.5 Å². The number of carbonyl (C=O) groups excluding carboxylic acids is 2. The van der Waals surface area contributed by atoms with E-state index in [1.54, 1.807) is 4.90 Å². The van der Waals surface area contributed by atoms with Crippen molar-refractivity contribution in [3.8, 4) is 0 Å². The zero-order valence-corrected chi connectivity index (χ0v) is 13.3. The van der Waals surface area contributed by atoms with Gasteiger partial charge in [0.25, 0.3) is 5.91 Å². The van der Waals surface area contributed by atoms with Gasteiger partial charge in [0.15, 0.2) is 9.84 Å². The largest absolute Gasteiger partial charge is 0.453 e. The summed E-state index contributed by atoms with van der Waals surface area (Å²) in [6.07, 6.45) is 0.722. The van der Waals surface area contributed by atoms with E-state index in [1.807, 2.05) is 0 Å². The second kappa shape index (κ2) is 6.35. The van der Waals surface area contributed by atoms with Crippen molar-refractivity contribution in [1.82, 2.24) is 9.80 Å². The third kappa shape index (κ3) is 3.56. The van der Waals surface area contributed by atoms with Gasteiger partial charge in [-0.05, 0) is 24.3 Å². The molecule has 1 aromatic rings. The molecule has 0 spiro atoms. The molecule has 7 nitrogen and oxygen atoms in total. The van der Waals surface area contributed by atoms with E-state index in [0.717, 1.165) is 6.26 Å². The minimum absolute atomic E-state index is 0.176. The highest BCUT2D eigenvalue weighted by Crippen LogP contribution is 2.13. The van der Waals surface area contributed by atoms with Crippen LogP contribution in [0.25, 0.3) is 0 Å². The minimum Gasteiger partial charge on any atom is -0.453 e. The van der Waals surface area contributed by atoms with Gasteiger partial charge in [0.05, 0.1) is 12.0 Å². The van der Waals surface area contributed by atoms with Crippen LogP contribution in [0.5, 0.6) is 0 Å². The predicted octanol–water partition coefficient (Wildman–Crippen LogP) is 0.614. The number of rotatable bonds is 2. The van der Waals surface area contributed by atoms with Crippen LogP contribution in [-0.2, 0) is 14.6 Å². The summed E-state index contributed by atoms with van der Waals surface area (Å²) < 4.78 is 27.4. The topological polar surface area (TPSA) is 84.0 Å². The van der Waals surface area contributed by atoms with Crippen molar-refractivity contribution in [3.63, 3.8) is 0 Å². The van der Waals surface area contributed by atoms with Gasteiger partial charge < -0.3 is 14.5 Å². The van der Waals surface area contributed by atoms with Crippen LogP contribution in [0.4, 0.5) is 4.79 Å². The number of amides is 2. The monoisotopic (exact) mass is 326 g/mol. The van der Waals surface area contributed by atoms with Gasteiger partial charge in [-0.1, -0.05) is 0 Å². The molecule has 1 fully saturated rings. The molecule has 1 heterocycles. The summed E-state index contributed by atoms with van der Waals surface area (Å²) in [5.41, 5.74) is 0.430. The molecule has 2 rings (SSSR count). The van der Waals surface area contributed by atoms with Crippen molar-refractivity contribution in [2.45, 2.75) is 4.90 Å². The molecular weight excluding hydrogens is 308 g/mol. The molecule has 0 aliphatic carbocycles. The number of piperazine rings is 1. The van der Waals surface area contributed by atoms with Gasteiger partial charge in [-0.2, -0.15) is 0 Å². The normalized spacial score (nSPS) is 15.5. The summed E-state index contributed by atoms with van der Waals surface area (Å²) in [5.74, 6) is -0.176. The lowest BCUT2D eigenvalue weighted by atomic mass is 10.2. The fourth-order valence-electron chi connectivity index (χ4n) is 2.25. The highest BCUT2D eigenvalue weighted by Gasteiger charge is 2.25. The van der Waals surface area contributed by atoms with Crippen LogP contribution in [0.1, 0.15) is 10.4 Å². The molecule has 0 N–H and O–H groups in total. The molecule has 0 aromatic heterocycles. The Kier molecular flexibility index (Phi) is 4.70. The van der Waals surface area contributed by atoms with E-state index in [1.165, 1.54) is 36.3 Å². The fourth-order valence-corrected chi connectivity index (χ4v) is 2.88. The Hall–Kier alpha value is -2.09. The Morgan fingerprint density at radius 3 is 1.95 bits per heavy atom. The lowest BCUT2D eigenvalue weighted by molar-refractivity contribution is 0.0599. The number of carbonyl (C=O) groups is 2. The van der Waals surface area contributed by atoms with Crippen LogP contribution < -0.4 is 0 Å². The lowest BCUT2D eigenvalue weighted by Crippen LogP contribution is -2.50. The zero-order chi connectivity index (χ0) is 16.3. The van der Waals surface area contributed by atoms with Crippen molar-refractivity contribution in [3.05, 3.63) is 29.8 Å². The molecule has 22 heavy (non-hydrogen) atoms. The second-order valence-electron chi connectivity index (χ2n) is 5.05. The molecule has 120 valence electrons. The van der Waals surface area contributed by atoms with Gasteiger partial charge in [-0.25, -0.2) is 13.2 Å². The first-order valence-corrected chi connectivity index (χ1v) is 8.64. The Labute approximate surface area is 129 Å². The number of hydrogen-bond acceptors (Lipinski definition) is 5. The Morgan fingerprint density at radius 1 is 1.00 bits per heavy atom. The maximum atomic E-state index is 12.3. The first kappa shape index (κ1) is 16.3. The third-order valence-electron chi connectivity index (χ3n) is 3.53. The minimum atomic E-state index is -3.27. The maximum Gasteiger partial charge on any atom is 0.409 e. The van der Waals surface area contributed by atoms with Gasteiger partial charge in [0.1, 0.15) is 0 Å². The lowest BCUT2D eigenvalue weighted by Gasteiger charge is -2.33. The molecule has 8 heteroatoms. The van der Waals surface area contributed by atoms with E-state index in [-0.39, 0.29) is 10.8 Å². The van der Waals surface area contributed by atoms with E-state index >= 15 is 0 Å². The molecule has 1 aliphatic rings. The molecule has 0 atom stereocenters. The molecule has 0 unspecified atom stereocenters. The van der Waals surface area contributed by atoms with Crippen LogP contribution in [0.3, 0.4) is 0 Å². The van der Waals surface area contributed by atoms with E-state index in [0.29, 0.717) is 31.7 Å². The highest BCUT2D eigenvalue weighted by atomic mass is 32.2. The molecule has 0 radical (unpaired) electrons. The van der Waals surface area contributed by atoms with Gasteiger partial charge in [-0.3, -0.25) is 4.79 Å². The molecular formula is C14H18N2O5S. The standard InChI is InChI=1S/C14H18N2O5S/c1-21-14(18)16-9-7-15(8-10-16)13(17)11-3-5-12(6-4-11)22(2,19)20/h3-6H,7-10H2,1-2H3. The average molecular weight is 326 g/mol. The van der Waals surface area contributed by atoms with E-state index in [4.69, 9.17) is 0 Å². The molecule has 1 saturated heterocycles. The number of hydrogen-bond donors (Lipinski definition) is 0. The third-order valence-corrected chi connectivity index (χ3v) is 4.66. The quantitative estimate of drug-likeness (QED) is 0.795. The van der Waals surface area contributed by atoms with Gasteiger partial charge in [0.2, 0.25) is 0 Å². The smallest absolute Gasteiger partial charge is 0.409 e. The van der Waals surface area contributed by atoms with Crippen molar-refractivity contribution >= 4 is 21.8 Å². The maximum absolute atomic E-state index is 12.3. The summed E-state index contributed by atoms with van der Waals surface area (Å²) in [7, 11) is -1.95. The Bertz CT molecular complexity index is 661. The molecule has 0 bridgehead atoms. The van der Waals surface area contributed by atoms with Crippen molar-refractivity contribution in [1.29, 1.82) is 0 Å². The van der Waals surface area contributed by atoms with E-state index < -0.39 is 15.9 Å². The Balaban J connectivity index is 2.03. The highest BCUT2D eigenvalue weighted by molar-refractivity contribution is 7.90. The Morgan fingerprint density at radius 2 is 1.50 bits per heavy atom. The summed E-state index contributed by atoms with van der Waals surface area (Å²) in [6, 6.07) is 5.86. The summed E-state index contributed by atoms with van der Waals surface area (Å²) in [5, 5.41) is 0.